The number of rotatable bonds is 19. The first-order chi connectivity index (χ1) is 35.3. The molecule has 6 aromatic carbocycles. The molecule has 364 valence electrons. The second-order valence-electron chi connectivity index (χ2n) is 17.2. The molecular formula is C56H57N13O3. The van der Waals surface area contributed by atoms with Crippen molar-refractivity contribution in [3.63, 3.8) is 0 Å². The molecule has 0 fully saturated rings. The molecule has 0 aliphatic rings. The third-order valence-electron chi connectivity index (χ3n) is 11.7. The van der Waals surface area contributed by atoms with E-state index in [1.165, 1.54) is 23.8 Å². The maximum Gasteiger partial charge on any atom is 0.169 e. The Labute approximate surface area is 418 Å². The van der Waals surface area contributed by atoms with Gasteiger partial charge in [-0.3, -0.25) is 0 Å². The minimum absolute atomic E-state index is 0.232. The van der Waals surface area contributed by atoms with Crippen LogP contribution in [0.5, 0.6) is 23.0 Å². The summed E-state index contributed by atoms with van der Waals surface area (Å²) in [5.74, 6) is 3.82. The zero-order valence-electron chi connectivity index (χ0n) is 40.3. The van der Waals surface area contributed by atoms with Crippen LogP contribution < -0.4 is 31.6 Å². The molecule has 0 bridgehead atoms. The van der Waals surface area contributed by atoms with Crippen LogP contribution in [-0.4, -0.2) is 89.8 Å². The lowest BCUT2D eigenvalue weighted by Gasteiger charge is -2.10. The summed E-state index contributed by atoms with van der Waals surface area (Å²) in [6.07, 6.45) is 4.70. The second-order valence-corrected chi connectivity index (χ2v) is 17.2. The number of aromatic nitrogens is 8. The van der Waals surface area contributed by atoms with Crippen LogP contribution in [0.3, 0.4) is 0 Å². The maximum atomic E-state index is 8.90. The van der Waals surface area contributed by atoms with Gasteiger partial charge < -0.3 is 41.6 Å². The normalized spacial score (nSPS) is 11.2. The first-order valence-corrected chi connectivity index (χ1v) is 23.8. The third kappa shape index (κ3) is 11.9. The highest BCUT2D eigenvalue weighted by Crippen LogP contribution is 2.35. The molecule has 0 atom stereocenters. The van der Waals surface area contributed by atoms with Crippen LogP contribution >= 0.6 is 0 Å². The molecule has 10 rings (SSSR count). The van der Waals surface area contributed by atoms with E-state index in [0.29, 0.717) is 34.0 Å². The molecule has 16 heteroatoms. The number of fused-ring (bicyclic) bond motifs is 2. The number of anilines is 2. The van der Waals surface area contributed by atoms with E-state index in [1.807, 2.05) is 138 Å². The van der Waals surface area contributed by atoms with Crippen LogP contribution in [0.15, 0.2) is 170 Å². The summed E-state index contributed by atoms with van der Waals surface area (Å²) in [5.41, 5.74) is 21.3. The van der Waals surface area contributed by atoms with Gasteiger partial charge in [0.25, 0.3) is 0 Å². The summed E-state index contributed by atoms with van der Waals surface area (Å²) in [6.45, 7) is 4.62. The van der Waals surface area contributed by atoms with Crippen molar-refractivity contribution in [3.05, 3.63) is 182 Å². The fourth-order valence-corrected chi connectivity index (χ4v) is 7.96. The summed E-state index contributed by atoms with van der Waals surface area (Å²) >= 11 is 0. The van der Waals surface area contributed by atoms with Crippen molar-refractivity contribution in [3.8, 4) is 56.9 Å². The minimum atomic E-state index is 0.232. The Hall–Kier alpha value is -8.54. The van der Waals surface area contributed by atoms with Crippen LogP contribution in [-0.2, 0) is 13.1 Å². The average molecular weight is 960 g/mol. The number of nitrogens with two attached hydrogens (primary N) is 2. The number of likely N-dealkylation sites (N-methyl/N-ethyl adjacent to an activating group) is 1. The van der Waals surface area contributed by atoms with Gasteiger partial charge in [-0.2, -0.15) is 10.2 Å². The fraction of sp³-hybridized carbons (Fsp3) is 0.179. The predicted octanol–water partition coefficient (Wildman–Crippen LogP) is 9.23. The van der Waals surface area contributed by atoms with Gasteiger partial charge in [-0.1, -0.05) is 60.7 Å². The van der Waals surface area contributed by atoms with Crippen molar-refractivity contribution in [2.45, 2.75) is 25.9 Å². The van der Waals surface area contributed by atoms with Gasteiger partial charge in [0.15, 0.2) is 11.3 Å². The van der Waals surface area contributed by atoms with E-state index in [-0.39, 0.29) is 6.61 Å². The van der Waals surface area contributed by atoms with E-state index < -0.39 is 0 Å². The molecule has 10 aromatic rings. The first kappa shape index (κ1) is 48.5. The van der Waals surface area contributed by atoms with Crippen molar-refractivity contribution < 1.29 is 14.6 Å². The summed E-state index contributed by atoms with van der Waals surface area (Å²) in [4.78, 5) is 19.6. The zero-order chi connectivity index (χ0) is 49.7. The highest BCUT2D eigenvalue weighted by atomic mass is 16.5. The van der Waals surface area contributed by atoms with Gasteiger partial charge in [-0.25, -0.2) is 29.3 Å². The Morgan fingerprint density at radius 1 is 0.500 bits per heavy atom. The predicted molar refractivity (Wildman–Crippen MR) is 284 cm³/mol. The molecule has 0 aliphatic heterocycles. The summed E-state index contributed by atoms with van der Waals surface area (Å²) < 4.78 is 15.5. The quantitative estimate of drug-likeness (QED) is 0.0480. The number of nitrogens with one attached hydrogen (secondary N) is 2. The van der Waals surface area contributed by atoms with Gasteiger partial charge in [-0.15, -0.1) is 0 Å². The van der Waals surface area contributed by atoms with Crippen LogP contribution in [0.4, 0.5) is 11.6 Å². The first-order valence-electron chi connectivity index (χ1n) is 23.8. The highest BCUT2D eigenvalue weighted by molar-refractivity contribution is 6.00. The Kier molecular flexibility index (Phi) is 15.7. The lowest BCUT2D eigenvalue weighted by Crippen LogP contribution is -2.26. The molecule has 0 aliphatic carbocycles. The number of hydrogen-bond acceptors (Lipinski definition) is 14. The van der Waals surface area contributed by atoms with Crippen molar-refractivity contribution in [2.75, 3.05) is 51.8 Å². The molecule has 72 heavy (non-hydrogen) atoms. The van der Waals surface area contributed by atoms with Crippen LogP contribution in [0.1, 0.15) is 24.0 Å². The number of para-hydroxylation sites is 2. The van der Waals surface area contributed by atoms with Crippen LogP contribution in [0.25, 0.3) is 56.0 Å². The van der Waals surface area contributed by atoms with Gasteiger partial charge >= 0.3 is 0 Å². The Morgan fingerprint density at radius 3 is 1.33 bits per heavy atom. The van der Waals surface area contributed by atoms with Gasteiger partial charge in [-0.05, 0) is 142 Å². The number of aliphatic hydroxyl groups is 1. The molecule has 0 saturated heterocycles. The second kappa shape index (κ2) is 23.4. The molecule has 0 spiro atoms. The van der Waals surface area contributed by atoms with Gasteiger partial charge in [0.05, 0.1) is 22.1 Å². The lowest BCUT2D eigenvalue weighted by molar-refractivity contribution is 0.283. The molecule has 7 N–H and O–H groups in total. The van der Waals surface area contributed by atoms with Crippen molar-refractivity contribution in [1.29, 1.82) is 0 Å². The number of benzene rings is 6. The highest BCUT2D eigenvalue weighted by Gasteiger charge is 2.20. The summed E-state index contributed by atoms with van der Waals surface area (Å²) in [6, 6.07) is 51.4. The summed E-state index contributed by atoms with van der Waals surface area (Å²) in [5, 5.41) is 27.0. The largest absolute Gasteiger partial charge is 0.457 e. The number of ether oxygens (including phenoxy) is 2. The Morgan fingerprint density at radius 2 is 0.917 bits per heavy atom. The van der Waals surface area contributed by atoms with Crippen LogP contribution in [0, 0.1) is 0 Å². The lowest BCUT2D eigenvalue weighted by atomic mass is 10.1. The number of nitrogen functional groups attached to an aromatic ring is 2. The SMILES string of the molecule is CN(C)CCNCc1ccc(-n2nc(-c3ccc(Oc4ccccc4)cc3)c3c(N)ncnc32)cc1.Nc1ncnc2c1c(-c1ccc(Oc3ccccc3)cc1)nn2-c1ccc(CNCCCCO)cc1. The number of unbranched alkanes of at least 4 members (excludes halogenated alkanes) is 1. The van der Waals surface area contributed by atoms with E-state index in [1.54, 1.807) is 4.68 Å². The van der Waals surface area contributed by atoms with E-state index in [4.69, 9.17) is 36.2 Å². The third-order valence-corrected chi connectivity index (χ3v) is 11.7. The van der Waals surface area contributed by atoms with Gasteiger partial charge in [0.1, 0.15) is 58.7 Å². The molecule has 0 saturated carbocycles. The van der Waals surface area contributed by atoms with E-state index >= 15 is 0 Å². The van der Waals surface area contributed by atoms with Crippen LogP contribution in [0.2, 0.25) is 0 Å². The number of aliphatic hydroxyl groups excluding tert-OH is 1. The Bertz CT molecular complexity index is 3290. The minimum Gasteiger partial charge on any atom is -0.457 e. The van der Waals surface area contributed by atoms with Crippen molar-refractivity contribution in [1.82, 2.24) is 55.0 Å². The summed E-state index contributed by atoms with van der Waals surface area (Å²) in [7, 11) is 4.14. The Balaban J connectivity index is 0.000000178. The van der Waals surface area contributed by atoms with Gasteiger partial charge in [0.2, 0.25) is 0 Å². The van der Waals surface area contributed by atoms with Gasteiger partial charge in [0, 0.05) is 43.9 Å². The average Bonchev–Trinajstić information content (AvgIpc) is 4.01. The molecule has 4 heterocycles. The monoisotopic (exact) mass is 959 g/mol. The van der Waals surface area contributed by atoms with E-state index in [0.717, 1.165) is 102 Å². The van der Waals surface area contributed by atoms with Crippen molar-refractivity contribution >= 4 is 33.7 Å². The topological polar surface area (TPSA) is 205 Å². The molecule has 0 unspecified atom stereocenters. The zero-order valence-corrected chi connectivity index (χ0v) is 40.3. The number of nitrogens with zero attached hydrogens (tertiary/aromatic N) is 9. The van der Waals surface area contributed by atoms with E-state index in [2.05, 4.69) is 73.8 Å². The van der Waals surface area contributed by atoms with Crippen molar-refractivity contribution in [2.24, 2.45) is 0 Å². The molecule has 0 amide bonds. The molecular weight excluding hydrogens is 903 g/mol. The standard InChI is InChI=1S/C28H29N7O.C28H28N6O2/c1-34(2)17-16-30-18-20-8-12-22(13-9-20)35-28-25(27(29)31-19-32-28)26(33-35)21-10-14-24(15-11-21)36-23-6-4-3-5-7-23;29-27-25-26(21-10-14-24(15-11-21)36-23-6-2-1-3-7-23)33-34(28(25)32-19-31-27)22-12-8-20(9-13-22)18-30-16-4-5-17-35/h3-15,19,30H,16-18H2,1-2H3,(H2,29,31,32);1-3,6-15,19,30,35H,4-5,16-18H2,(H2,29,31,32). The van der Waals surface area contributed by atoms with E-state index in [9.17, 15) is 0 Å². The molecule has 0 radical (unpaired) electrons. The molecule has 16 nitrogen and oxygen atoms in total. The smallest absolute Gasteiger partial charge is 0.169 e. The molecule has 4 aromatic heterocycles. The fourth-order valence-electron chi connectivity index (χ4n) is 7.96. The number of hydrogen-bond donors (Lipinski definition) is 5. The maximum absolute atomic E-state index is 8.90.